The topological polar surface area (TPSA) is 61.2 Å². The molecule has 0 bridgehead atoms. The number of hydrogen-bond donors (Lipinski definition) is 0. The summed E-state index contributed by atoms with van der Waals surface area (Å²) in [6.45, 7) is 2.06. The summed E-state index contributed by atoms with van der Waals surface area (Å²) >= 11 is 4.97. The molecule has 0 radical (unpaired) electrons. The maximum Gasteiger partial charge on any atom is 0.326 e. The summed E-state index contributed by atoms with van der Waals surface area (Å²) in [6.07, 6.45) is 2.22. The van der Waals surface area contributed by atoms with Gasteiger partial charge in [-0.15, -0.1) is 11.3 Å². The van der Waals surface area contributed by atoms with Crippen molar-refractivity contribution in [1.29, 1.82) is 0 Å². The summed E-state index contributed by atoms with van der Waals surface area (Å²) in [5.41, 5.74) is 2.53. The standard InChI is InChI=1S/C23H19BrN2O3S/c1-2-18-20(16-8-10-17(24)11-9-16)21-22(30-18)25-14-26(23(21)28)12-19(27)29-13-15-6-4-3-5-7-15/h3-11,14H,2,12-13H2,1H3. The van der Waals surface area contributed by atoms with E-state index >= 15 is 0 Å². The number of esters is 1. The van der Waals surface area contributed by atoms with Gasteiger partial charge in [0.05, 0.1) is 11.7 Å². The molecule has 2 aromatic carbocycles. The van der Waals surface area contributed by atoms with Gasteiger partial charge in [-0.3, -0.25) is 14.2 Å². The van der Waals surface area contributed by atoms with Crippen LogP contribution in [0.5, 0.6) is 0 Å². The first-order valence-corrected chi connectivity index (χ1v) is 11.1. The van der Waals surface area contributed by atoms with E-state index in [0.717, 1.165) is 32.5 Å². The van der Waals surface area contributed by atoms with Crippen molar-refractivity contribution in [1.82, 2.24) is 9.55 Å². The van der Waals surface area contributed by atoms with E-state index in [1.165, 1.54) is 22.2 Å². The van der Waals surface area contributed by atoms with Crippen LogP contribution in [0.3, 0.4) is 0 Å². The molecular formula is C23H19BrN2O3S. The summed E-state index contributed by atoms with van der Waals surface area (Å²) in [6, 6.07) is 17.3. The Balaban J connectivity index is 1.66. The Morgan fingerprint density at radius 1 is 1.13 bits per heavy atom. The Morgan fingerprint density at radius 2 is 1.87 bits per heavy atom. The average Bonchev–Trinajstić information content (AvgIpc) is 3.15. The van der Waals surface area contributed by atoms with Crippen LogP contribution in [0.1, 0.15) is 17.4 Å². The van der Waals surface area contributed by atoms with Crippen molar-refractivity contribution < 1.29 is 9.53 Å². The van der Waals surface area contributed by atoms with Gasteiger partial charge in [-0.2, -0.15) is 0 Å². The molecule has 7 heteroatoms. The Hall–Kier alpha value is -2.77. The van der Waals surface area contributed by atoms with Crippen molar-refractivity contribution in [3.05, 3.63) is 86.2 Å². The lowest BCUT2D eigenvalue weighted by Gasteiger charge is -2.08. The third-order valence-corrected chi connectivity index (χ3v) is 6.52. The Morgan fingerprint density at radius 3 is 2.57 bits per heavy atom. The van der Waals surface area contributed by atoms with Gasteiger partial charge >= 0.3 is 5.97 Å². The van der Waals surface area contributed by atoms with Crippen LogP contribution in [0.2, 0.25) is 0 Å². The minimum absolute atomic E-state index is 0.173. The van der Waals surface area contributed by atoms with Crippen molar-refractivity contribution in [2.75, 3.05) is 0 Å². The number of nitrogens with zero attached hydrogens (tertiary/aromatic N) is 2. The molecule has 0 N–H and O–H groups in total. The van der Waals surface area contributed by atoms with Gasteiger partial charge in [0, 0.05) is 14.9 Å². The van der Waals surface area contributed by atoms with Crippen LogP contribution in [-0.2, 0) is 29.1 Å². The first kappa shape index (κ1) is 20.5. The monoisotopic (exact) mass is 482 g/mol. The molecule has 152 valence electrons. The predicted molar refractivity (Wildman–Crippen MR) is 123 cm³/mol. The lowest BCUT2D eigenvalue weighted by Crippen LogP contribution is -2.25. The minimum Gasteiger partial charge on any atom is -0.459 e. The third kappa shape index (κ3) is 4.22. The number of fused-ring (bicyclic) bond motifs is 1. The lowest BCUT2D eigenvalue weighted by atomic mass is 10.0. The van der Waals surface area contributed by atoms with Gasteiger partial charge in [0.2, 0.25) is 0 Å². The second kappa shape index (κ2) is 8.93. The highest BCUT2D eigenvalue weighted by Crippen LogP contribution is 2.36. The zero-order valence-corrected chi connectivity index (χ0v) is 18.7. The van der Waals surface area contributed by atoms with E-state index in [1.54, 1.807) is 0 Å². The maximum atomic E-state index is 13.2. The average molecular weight is 483 g/mol. The molecule has 0 fully saturated rings. The van der Waals surface area contributed by atoms with Crippen LogP contribution in [0.25, 0.3) is 21.3 Å². The Kier molecular flexibility index (Phi) is 6.11. The van der Waals surface area contributed by atoms with E-state index < -0.39 is 5.97 Å². The fraction of sp³-hybridized carbons (Fsp3) is 0.174. The zero-order chi connectivity index (χ0) is 21.1. The summed E-state index contributed by atoms with van der Waals surface area (Å²) < 4.78 is 7.62. The van der Waals surface area contributed by atoms with Gasteiger partial charge in [0.15, 0.2) is 0 Å². The molecule has 0 spiro atoms. The molecule has 0 aliphatic rings. The summed E-state index contributed by atoms with van der Waals surface area (Å²) in [5, 5.41) is 0.553. The molecule has 0 saturated heterocycles. The number of aromatic nitrogens is 2. The number of carbonyl (C=O) groups is 1. The van der Waals surface area contributed by atoms with E-state index in [4.69, 9.17) is 4.74 Å². The zero-order valence-electron chi connectivity index (χ0n) is 16.3. The predicted octanol–water partition coefficient (Wildman–Crippen LogP) is 5.19. The number of ether oxygens (including phenoxy) is 1. The third-order valence-electron chi connectivity index (χ3n) is 4.75. The number of hydrogen-bond acceptors (Lipinski definition) is 5. The summed E-state index contributed by atoms with van der Waals surface area (Å²) in [4.78, 5) is 31.8. The highest BCUT2D eigenvalue weighted by atomic mass is 79.9. The van der Waals surface area contributed by atoms with Gasteiger partial charge in [0.25, 0.3) is 5.56 Å². The fourth-order valence-electron chi connectivity index (χ4n) is 3.28. The number of thiophene rings is 1. The molecule has 0 unspecified atom stereocenters. The highest BCUT2D eigenvalue weighted by molar-refractivity contribution is 9.10. The van der Waals surface area contributed by atoms with E-state index in [9.17, 15) is 9.59 Å². The minimum atomic E-state index is -0.474. The van der Waals surface area contributed by atoms with Gasteiger partial charge in [-0.05, 0) is 29.7 Å². The highest BCUT2D eigenvalue weighted by Gasteiger charge is 2.19. The molecule has 2 aromatic heterocycles. The van der Waals surface area contributed by atoms with Crippen LogP contribution < -0.4 is 5.56 Å². The quantitative estimate of drug-likeness (QED) is 0.354. The molecular weight excluding hydrogens is 464 g/mol. The van der Waals surface area contributed by atoms with Crippen molar-refractivity contribution in [2.24, 2.45) is 0 Å². The number of halogens is 1. The Labute approximate surface area is 186 Å². The first-order valence-electron chi connectivity index (χ1n) is 9.53. The van der Waals surface area contributed by atoms with Gasteiger partial charge in [0.1, 0.15) is 18.0 Å². The lowest BCUT2D eigenvalue weighted by molar-refractivity contribution is -0.145. The van der Waals surface area contributed by atoms with Crippen molar-refractivity contribution in [3.63, 3.8) is 0 Å². The molecule has 4 aromatic rings. The second-order valence-electron chi connectivity index (χ2n) is 6.76. The van der Waals surface area contributed by atoms with Crippen molar-refractivity contribution in [3.8, 4) is 11.1 Å². The molecule has 0 aliphatic carbocycles. The normalized spacial score (nSPS) is 11.0. The van der Waals surface area contributed by atoms with E-state index in [0.29, 0.717) is 10.2 Å². The number of carbonyl (C=O) groups excluding carboxylic acids is 1. The molecule has 2 heterocycles. The molecule has 4 rings (SSSR count). The first-order chi connectivity index (χ1) is 14.6. The van der Waals surface area contributed by atoms with E-state index in [1.807, 2.05) is 54.6 Å². The molecule has 0 saturated carbocycles. The molecule has 0 atom stereocenters. The summed E-state index contributed by atoms with van der Waals surface area (Å²) in [5.74, 6) is -0.474. The van der Waals surface area contributed by atoms with Crippen LogP contribution >= 0.6 is 27.3 Å². The largest absolute Gasteiger partial charge is 0.459 e. The Bertz CT molecular complexity index is 1250. The smallest absolute Gasteiger partial charge is 0.326 e. The fourth-order valence-corrected chi connectivity index (χ4v) is 4.63. The number of benzene rings is 2. The van der Waals surface area contributed by atoms with Crippen LogP contribution in [0.4, 0.5) is 0 Å². The molecule has 0 aliphatic heterocycles. The SMILES string of the molecule is CCc1sc2ncn(CC(=O)OCc3ccccc3)c(=O)c2c1-c1ccc(Br)cc1. The van der Waals surface area contributed by atoms with E-state index in [-0.39, 0.29) is 18.7 Å². The van der Waals surface area contributed by atoms with Crippen LogP contribution in [0.15, 0.2) is 70.2 Å². The second-order valence-corrected chi connectivity index (χ2v) is 8.76. The number of aryl methyl sites for hydroxylation is 1. The summed E-state index contributed by atoms with van der Waals surface area (Å²) in [7, 11) is 0. The van der Waals surface area contributed by atoms with Gasteiger partial charge in [-0.1, -0.05) is 65.3 Å². The number of rotatable bonds is 6. The molecule has 0 amide bonds. The van der Waals surface area contributed by atoms with Crippen LogP contribution in [-0.4, -0.2) is 15.5 Å². The molecule has 30 heavy (non-hydrogen) atoms. The molecule has 5 nitrogen and oxygen atoms in total. The van der Waals surface area contributed by atoms with Gasteiger partial charge < -0.3 is 4.74 Å². The van der Waals surface area contributed by atoms with Gasteiger partial charge in [-0.25, -0.2) is 4.98 Å². The van der Waals surface area contributed by atoms with E-state index in [2.05, 4.69) is 27.8 Å². The maximum absolute atomic E-state index is 13.2. The van der Waals surface area contributed by atoms with Crippen molar-refractivity contribution in [2.45, 2.75) is 26.5 Å². The van der Waals surface area contributed by atoms with Crippen LogP contribution in [0, 0.1) is 0 Å². The van der Waals surface area contributed by atoms with Crippen molar-refractivity contribution >= 4 is 43.5 Å².